The number of alkyl carbamates (subject to hydrolysis) is 2. The van der Waals surface area contributed by atoms with Crippen molar-refractivity contribution in [2.45, 2.75) is 77.5 Å². The highest BCUT2D eigenvalue weighted by Crippen LogP contribution is 2.35. The van der Waals surface area contributed by atoms with Crippen molar-refractivity contribution in [2.24, 2.45) is 11.8 Å². The van der Waals surface area contributed by atoms with Crippen LogP contribution in [0.15, 0.2) is 61.2 Å². The lowest BCUT2D eigenvalue weighted by molar-refractivity contribution is -0.136. The van der Waals surface area contributed by atoms with Gasteiger partial charge in [-0.05, 0) is 61.8 Å². The Kier molecular flexibility index (Phi) is 11.7. The Labute approximate surface area is 336 Å². The van der Waals surface area contributed by atoms with Gasteiger partial charge in [-0.15, -0.1) is 0 Å². The van der Waals surface area contributed by atoms with E-state index in [1.54, 1.807) is 34.6 Å². The molecule has 0 spiro atoms. The molecule has 4 aromatic heterocycles. The van der Waals surface area contributed by atoms with Crippen molar-refractivity contribution >= 4 is 34.9 Å². The van der Waals surface area contributed by atoms with Gasteiger partial charge in [0.05, 0.1) is 61.3 Å². The summed E-state index contributed by atoms with van der Waals surface area (Å²) in [6.45, 7) is 8.73. The number of rotatable bonds is 11. The number of methoxy groups -OCH3 is 2. The standard InChI is InChI=1S/C42H50N10O6/c1-23(2)35(49-41(55)57-5)39(53)51-15-7-9-33(51)37-45-21-31(47-37)27-13-14-29(43-19-27)26-12-11-25-17-28(20-44-30(25)18-26)32-22-46-38(48-32)34-10-8-16-52(34)40(54)36(24(3)4)50-42(56)58-6/h11-14,17-24,33-36H,7-10,15-16H2,1-6H3,(H,45,47)(H,46,48)(H,49,55)(H,50,56). The third kappa shape index (κ3) is 8.22. The Balaban J connectivity index is 1.02. The molecule has 16 heteroatoms. The number of hydrogen-bond donors (Lipinski definition) is 4. The number of hydrogen-bond acceptors (Lipinski definition) is 10. The molecule has 2 fully saturated rings. The molecule has 0 aliphatic carbocycles. The van der Waals surface area contributed by atoms with Gasteiger partial charge in [0.1, 0.15) is 23.7 Å². The fourth-order valence-corrected chi connectivity index (χ4v) is 7.84. The highest BCUT2D eigenvalue weighted by Gasteiger charge is 2.39. The number of pyridine rings is 2. The van der Waals surface area contributed by atoms with Crippen LogP contribution < -0.4 is 10.6 Å². The molecule has 6 heterocycles. The summed E-state index contributed by atoms with van der Waals surface area (Å²) in [4.78, 5) is 80.3. The number of nitrogens with one attached hydrogen (secondary N) is 4. The van der Waals surface area contributed by atoms with E-state index < -0.39 is 24.3 Å². The van der Waals surface area contributed by atoms with Crippen LogP contribution in [0.1, 0.15) is 77.1 Å². The van der Waals surface area contributed by atoms with Crippen LogP contribution in [0.2, 0.25) is 0 Å². The zero-order valence-corrected chi connectivity index (χ0v) is 33.6. The first kappa shape index (κ1) is 39.9. The molecule has 0 bridgehead atoms. The van der Waals surface area contributed by atoms with Crippen LogP contribution in [0.4, 0.5) is 9.59 Å². The summed E-state index contributed by atoms with van der Waals surface area (Å²) < 4.78 is 9.51. The van der Waals surface area contributed by atoms with Crippen LogP contribution in [0.3, 0.4) is 0 Å². The fourth-order valence-electron chi connectivity index (χ4n) is 7.84. The van der Waals surface area contributed by atoms with Gasteiger partial charge in [-0.1, -0.05) is 39.8 Å². The van der Waals surface area contributed by atoms with E-state index >= 15 is 0 Å². The van der Waals surface area contributed by atoms with E-state index in [9.17, 15) is 19.2 Å². The van der Waals surface area contributed by atoms with E-state index in [1.807, 2.05) is 58.0 Å². The molecule has 7 rings (SSSR count). The molecule has 4 amide bonds. The Morgan fingerprint density at radius 3 is 1.67 bits per heavy atom. The van der Waals surface area contributed by atoms with Crippen LogP contribution in [0, 0.1) is 11.8 Å². The van der Waals surface area contributed by atoms with Crippen molar-refractivity contribution in [3.63, 3.8) is 0 Å². The van der Waals surface area contributed by atoms with Crippen molar-refractivity contribution in [2.75, 3.05) is 27.3 Å². The molecule has 4 N–H and O–H groups in total. The molecule has 58 heavy (non-hydrogen) atoms. The number of amides is 4. The smallest absolute Gasteiger partial charge is 0.407 e. The number of imidazole rings is 2. The van der Waals surface area contributed by atoms with Gasteiger partial charge in [-0.3, -0.25) is 19.6 Å². The highest BCUT2D eigenvalue weighted by molar-refractivity contribution is 5.88. The number of carbonyl (C=O) groups is 4. The number of likely N-dealkylation sites (tertiary alicyclic amines) is 2. The highest BCUT2D eigenvalue weighted by atomic mass is 16.5. The van der Waals surface area contributed by atoms with Crippen LogP contribution in [0.25, 0.3) is 44.7 Å². The first-order chi connectivity index (χ1) is 27.9. The largest absolute Gasteiger partial charge is 0.453 e. The number of nitrogens with zero attached hydrogens (tertiary/aromatic N) is 6. The van der Waals surface area contributed by atoms with Gasteiger partial charge in [0, 0.05) is 47.6 Å². The van der Waals surface area contributed by atoms with Crippen LogP contribution in [0.5, 0.6) is 0 Å². The number of carbonyl (C=O) groups excluding carboxylic acids is 4. The van der Waals surface area contributed by atoms with Gasteiger partial charge in [0.15, 0.2) is 0 Å². The Hall–Kier alpha value is -6.32. The van der Waals surface area contributed by atoms with Crippen LogP contribution in [-0.2, 0) is 19.1 Å². The number of ether oxygens (including phenoxy) is 2. The monoisotopic (exact) mass is 790 g/mol. The van der Waals surface area contributed by atoms with Gasteiger partial charge in [0.25, 0.3) is 0 Å². The second-order valence-corrected chi connectivity index (χ2v) is 15.5. The maximum atomic E-state index is 13.6. The maximum absolute atomic E-state index is 13.6. The van der Waals surface area contributed by atoms with Gasteiger partial charge in [-0.25, -0.2) is 19.6 Å². The molecular formula is C42H50N10O6. The third-order valence-corrected chi connectivity index (χ3v) is 11.0. The zero-order valence-electron chi connectivity index (χ0n) is 33.6. The van der Waals surface area contributed by atoms with Crippen molar-refractivity contribution in [3.05, 3.63) is 72.8 Å². The second-order valence-electron chi connectivity index (χ2n) is 15.5. The van der Waals surface area contributed by atoms with Gasteiger partial charge in [-0.2, -0.15) is 0 Å². The molecule has 0 radical (unpaired) electrons. The Bertz CT molecular complexity index is 2290. The predicted octanol–water partition coefficient (Wildman–Crippen LogP) is 6.17. The van der Waals surface area contributed by atoms with Crippen LogP contribution in [-0.4, -0.2) is 103 Å². The summed E-state index contributed by atoms with van der Waals surface area (Å²) in [7, 11) is 2.57. The molecular weight excluding hydrogens is 741 g/mol. The normalized spacial score (nSPS) is 17.8. The van der Waals surface area contributed by atoms with Crippen molar-refractivity contribution in [3.8, 4) is 33.8 Å². The third-order valence-electron chi connectivity index (χ3n) is 11.0. The maximum Gasteiger partial charge on any atom is 0.407 e. The molecule has 2 saturated heterocycles. The van der Waals surface area contributed by atoms with Crippen molar-refractivity contribution < 1.29 is 28.7 Å². The molecule has 2 aliphatic heterocycles. The summed E-state index contributed by atoms with van der Waals surface area (Å²) in [6.07, 6.45) is 9.06. The summed E-state index contributed by atoms with van der Waals surface area (Å²) in [6, 6.07) is 10.2. The predicted molar refractivity (Wildman–Crippen MR) is 216 cm³/mol. The fraction of sp³-hybridized carbons (Fsp3) is 0.429. The molecule has 5 aromatic rings. The van der Waals surface area contributed by atoms with E-state index in [1.165, 1.54) is 14.2 Å². The molecule has 1 aromatic carbocycles. The first-order valence-electron chi connectivity index (χ1n) is 19.7. The minimum absolute atomic E-state index is 0.116. The molecule has 2 aliphatic rings. The zero-order chi connectivity index (χ0) is 41.1. The lowest BCUT2D eigenvalue weighted by Crippen LogP contribution is -2.51. The quantitative estimate of drug-likeness (QED) is 0.120. The summed E-state index contributed by atoms with van der Waals surface area (Å²) in [5.74, 6) is 0.841. The van der Waals surface area contributed by atoms with Crippen LogP contribution >= 0.6 is 0 Å². The average molecular weight is 791 g/mol. The minimum atomic E-state index is -0.702. The second kappa shape index (κ2) is 17.0. The van der Waals surface area contributed by atoms with E-state index in [4.69, 9.17) is 19.4 Å². The van der Waals surface area contributed by atoms with Crippen molar-refractivity contribution in [1.82, 2.24) is 50.3 Å². The first-order valence-corrected chi connectivity index (χ1v) is 19.7. The minimum Gasteiger partial charge on any atom is -0.453 e. The van der Waals surface area contributed by atoms with E-state index in [0.717, 1.165) is 70.4 Å². The van der Waals surface area contributed by atoms with Crippen molar-refractivity contribution in [1.29, 1.82) is 0 Å². The molecule has 0 saturated carbocycles. The number of aromatic nitrogens is 6. The van der Waals surface area contributed by atoms with Gasteiger partial charge in [0.2, 0.25) is 11.8 Å². The molecule has 4 unspecified atom stereocenters. The Morgan fingerprint density at radius 1 is 0.655 bits per heavy atom. The molecule has 4 atom stereocenters. The SMILES string of the molecule is COC(=O)NC(C(=O)N1CCCC1c1ncc(-c2ccc(-c3ccc4cc(-c5cnc(C6CCCN6C(=O)C(NC(=O)OC)C(C)C)[nH]5)cnc4c3)nc2)[nH]1)C(C)C. The van der Waals surface area contributed by atoms with E-state index in [2.05, 4.69) is 36.6 Å². The number of benzene rings is 1. The Morgan fingerprint density at radius 2 is 1.17 bits per heavy atom. The van der Waals surface area contributed by atoms with Gasteiger partial charge < -0.3 is 39.9 Å². The molecule has 16 nitrogen and oxygen atoms in total. The molecule has 304 valence electrons. The van der Waals surface area contributed by atoms with Gasteiger partial charge >= 0.3 is 12.2 Å². The number of fused-ring (bicyclic) bond motifs is 1. The summed E-state index contributed by atoms with van der Waals surface area (Å²) >= 11 is 0. The van der Waals surface area contributed by atoms with E-state index in [0.29, 0.717) is 24.7 Å². The topological polar surface area (TPSA) is 200 Å². The number of H-pyrrole nitrogens is 2. The lowest BCUT2D eigenvalue weighted by Gasteiger charge is -2.30. The van der Waals surface area contributed by atoms with E-state index in [-0.39, 0.29) is 35.7 Å². The number of aromatic amines is 2. The average Bonchev–Trinajstić information content (AvgIpc) is 4.07. The summed E-state index contributed by atoms with van der Waals surface area (Å²) in [5.41, 5.74) is 5.83. The lowest BCUT2D eigenvalue weighted by atomic mass is 10.0. The summed E-state index contributed by atoms with van der Waals surface area (Å²) in [5, 5.41) is 6.33.